The first-order valence-corrected chi connectivity index (χ1v) is 13.8. The molecule has 2 aromatic carbocycles. The van der Waals surface area contributed by atoms with Gasteiger partial charge >= 0.3 is 132 Å². The minimum atomic E-state index is -0.426. The summed E-state index contributed by atoms with van der Waals surface area (Å²) >= 11 is 0.175. The van der Waals surface area contributed by atoms with Crippen LogP contribution in [-0.2, 0) is 18.4 Å². The average Bonchev–Trinajstić information content (AvgIpc) is 2.76. The zero-order valence-electron chi connectivity index (χ0n) is 12.4. The van der Waals surface area contributed by atoms with E-state index in [9.17, 15) is 0 Å². The van der Waals surface area contributed by atoms with Gasteiger partial charge < -0.3 is 0 Å². The Morgan fingerprint density at radius 3 is 2.40 bits per heavy atom. The van der Waals surface area contributed by atoms with Gasteiger partial charge in [-0.05, 0) is 0 Å². The molecule has 0 spiro atoms. The van der Waals surface area contributed by atoms with E-state index < -0.39 is 6.66 Å². The Bertz CT molecular complexity index is 644. The minimum absolute atomic E-state index is 0.175. The number of rotatable bonds is 3. The van der Waals surface area contributed by atoms with Gasteiger partial charge in [-0.1, -0.05) is 0 Å². The fraction of sp³-hybridized carbons (Fsp3) is 0.222. The van der Waals surface area contributed by atoms with Crippen molar-refractivity contribution < 1.29 is 18.4 Å². The Kier molecular flexibility index (Phi) is 4.11. The second kappa shape index (κ2) is 5.85. The molecule has 1 aliphatic rings. The van der Waals surface area contributed by atoms with Crippen molar-refractivity contribution in [2.24, 2.45) is 0 Å². The third-order valence-corrected chi connectivity index (χ3v) is 10.7. The normalized spacial score (nSPS) is 17.0. The van der Waals surface area contributed by atoms with Crippen LogP contribution in [0.1, 0.15) is 22.3 Å². The van der Waals surface area contributed by atoms with Gasteiger partial charge in [-0.3, -0.25) is 0 Å². The first-order chi connectivity index (χ1) is 9.66. The second-order valence-corrected chi connectivity index (χ2v) is 16.3. The molecule has 1 atom stereocenters. The molecule has 0 saturated carbocycles. The Morgan fingerprint density at radius 2 is 1.70 bits per heavy atom. The summed E-state index contributed by atoms with van der Waals surface area (Å²) in [6.07, 6.45) is 2.45. The van der Waals surface area contributed by atoms with E-state index in [1.807, 2.05) is 0 Å². The molecule has 0 heterocycles. The van der Waals surface area contributed by atoms with Crippen molar-refractivity contribution in [1.82, 2.24) is 0 Å². The number of hydrogen-bond donors (Lipinski definition) is 0. The van der Waals surface area contributed by atoms with Crippen LogP contribution >= 0.6 is 0 Å². The molecular weight excluding hydrogens is 292 g/mol. The third kappa shape index (κ3) is 2.63. The zero-order valence-corrected chi connectivity index (χ0v) is 15.1. The van der Waals surface area contributed by atoms with Crippen LogP contribution in [0.15, 0.2) is 54.1 Å². The molecule has 20 heavy (non-hydrogen) atoms. The molecule has 0 fully saturated rings. The predicted molar refractivity (Wildman–Crippen MR) is 87.1 cm³/mol. The molecule has 0 saturated heterocycles. The summed E-state index contributed by atoms with van der Waals surface area (Å²) in [4.78, 5) is 0. The van der Waals surface area contributed by atoms with E-state index >= 15 is 0 Å². The Balaban J connectivity index is 2.08. The van der Waals surface area contributed by atoms with Gasteiger partial charge in [-0.2, -0.15) is 0 Å². The molecule has 0 aromatic heterocycles. The second-order valence-electron chi connectivity index (χ2n) is 5.82. The predicted octanol–water partition coefficient (Wildman–Crippen LogP) is 4.88. The van der Waals surface area contributed by atoms with E-state index in [1.54, 1.807) is 11.1 Å². The van der Waals surface area contributed by atoms with Crippen LogP contribution in [0.2, 0.25) is 13.1 Å². The van der Waals surface area contributed by atoms with Gasteiger partial charge in [0.15, 0.2) is 0 Å². The van der Waals surface area contributed by atoms with E-state index in [4.69, 9.17) is 0 Å². The molecule has 0 bridgehead atoms. The summed E-state index contributed by atoms with van der Waals surface area (Å²) in [5, 5.41) is 0. The van der Waals surface area contributed by atoms with Crippen LogP contribution in [0.3, 0.4) is 0 Å². The van der Waals surface area contributed by atoms with Gasteiger partial charge in [0.1, 0.15) is 0 Å². The summed E-state index contributed by atoms with van der Waals surface area (Å²) in [7, 11) is 0. The van der Waals surface area contributed by atoms with Gasteiger partial charge in [-0.25, -0.2) is 0 Å². The van der Waals surface area contributed by atoms with Crippen LogP contribution < -0.4 is 0 Å². The first kappa shape index (κ1) is 14.1. The number of fused-ring (bicyclic) bond motifs is 1. The molecule has 0 amide bonds. The SMILES string of the molecule is CC1=Cc2c(-c3ccccc3)cccc2[CH]1[Ti][SiH](C)C. The van der Waals surface area contributed by atoms with Crippen molar-refractivity contribution in [1.29, 1.82) is 0 Å². The van der Waals surface area contributed by atoms with Crippen molar-refractivity contribution >= 4 is 12.7 Å². The van der Waals surface area contributed by atoms with Crippen molar-refractivity contribution in [3.8, 4) is 11.1 Å². The Morgan fingerprint density at radius 1 is 0.950 bits per heavy atom. The van der Waals surface area contributed by atoms with Gasteiger partial charge in [0.2, 0.25) is 0 Å². The van der Waals surface area contributed by atoms with Crippen LogP contribution in [-0.4, -0.2) is 6.66 Å². The average molecular weight is 312 g/mol. The van der Waals surface area contributed by atoms with Gasteiger partial charge in [0.05, 0.1) is 0 Å². The van der Waals surface area contributed by atoms with E-state index in [1.165, 1.54) is 16.7 Å². The van der Waals surface area contributed by atoms with Gasteiger partial charge in [-0.15, -0.1) is 0 Å². The fourth-order valence-corrected chi connectivity index (χ4v) is 9.80. The maximum atomic E-state index is 2.51. The van der Waals surface area contributed by atoms with Crippen molar-refractivity contribution in [3.05, 3.63) is 65.2 Å². The topological polar surface area (TPSA) is 0 Å². The quantitative estimate of drug-likeness (QED) is 0.709. The van der Waals surface area contributed by atoms with Crippen molar-refractivity contribution in [2.75, 3.05) is 0 Å². The number of allylic oxidation sites excluding steroid dienone is 1. The first-order valence-electron chi connectivity index (χ1n) is 7.29. The molecule has 2 heteroatoms. The standard InChI is InChI=1S/C16H13.C2H7Si.Ti/c1-12-10-14-8-5-9-15(16(14)11-12)13-6-3-2-4-7-13;1-3-2;/h2-11H,1H3;3H,1-2H3;. The van der Waals surface area contributed by atoms with E-state index in [0.717, 1.165) is 4.22 Å². The van der Waals surface area contributed by atoms with Crippen LogP contribution in [0, 0.1) is 0 Å². The number of benzene rings is 2. The van der Waals surface area contributed by atoms with Crippen molar-refractivity contribution in [2.45, 2.75) is 24.2 Å². The molecule has 1 unspecified atom stereocenters. The van der Waals surface area contributed by atoms with Gasteiger partial charge in [0.25, 0.3) is 0 Å². The third-order valence-electron chi connectivity index (χ3n) is 3.86. The molecule has 100 valence electrons. The summed E-state index contributed by atoms with van der Waals surface area (Å²) in [6.45, 7) is 6.92. The monoisotopic (exact) mass is 312 g/mol. The summed E-state index contributed by atoms with van der Waals surface area (Å²) in [5.74, 6) is 0. The Hall–Kier alpha value is -0.889. The van der Waals surface area contributed by atoms with Gasteiger partial charge in [0, 0.05) is 0 Å². The molecule has 0 radical (unpaired) electrons. The molecule has 2 aromatic rings. The summed E-state index contributed by atoms with van der Waals surface area (Å²) in [5.41, 5.74) is 7.44. The molecule has 1 aliphatic carbocycles. The molecule has 3 rings (SSSR count). The fourth-order valence-electron chi connectivity index (χ4n) is 2.98. The maximum absolute atomic E-state index is 2.51. The number of hydrogen-bond acceptors (Lipinski definition) is 0. The zero-order chi connectivity index (χ0) is 14.1. The molecular formula is C18H20SiTi. The van der Waals surface area contributed by atoms with Crippen molar-refractivity contribution in [3.63, 3.8) is 0 Å². The summed E-state index contributed by atoms with van der Waals surface area (Å²) in [6, 6.07) is 17.7. The molecule has 0 aliphatic heterocycles. The van der Waals surface area contributed by atoms with Crippen LogP contribution in [0.4, 0.5) is 0 Å². The van der Waals surface area contributed by atoms with E-state index in [-0.39, 0.29) is 18.4 Å². The van der Waals surface area contributed by atoms with E-state index in [2.05, 4.69) is 74.6 Å². The molecule has 0 nitrogen and oxygen atoms in total. The van der Waals surface area contributed by atoms with Crippen LogP contribution in [0.5, 0.6) is 0 Å². The van der Waals surface area contributed by atoms with E-state index in [0.29, 0.717) is 0 Å². The van der Waals surface area contributed by atoms with Crippen LogP contribution in [0.25, 0.3) is 17.2 Å². The Labute approximate surface area is 131 Å². The molecule has 0 N–H and O–H groups in total. The summed E-state index contributed by atoms with van der Waals surface area (Å²) < 4.78 is 0.792.